The van der Waals surface area contributed by atoms with Gasteiger partial charge in [0.25, 0.3) is 0 Å². The Morgan fingerprint density at radius 1 is 1.07 bits per heavy atom. The van der Waals surface area contributed by atoms with Crippen LogP contribution in [-0.2, 0) is 11.2 Å². The van der Waals surface area contributed by atoms with Gasteiger partial charge in [0.2, 0.25) is 5.91 Å². The van der Waals surface area contributed by atoms with E-state index in [-0.39, 0.29) is 29.4 Å². The molecule has 0 spiro atoms. The van der Waals surface area contributed by atoms with E-state index in [9.17, 15) is 22.8 Å². The van der Waals surface area contributed by atoms with Gasteiger partial charge in [0.15, 0.2) is 11.0 Å². The molecule has 0 radical (unpaired) electrons. The predicted octanol–water partition coefficient (Wildman–Crippen LogP) is 7.04. The van der Waals surface area contributed by atoms with Gasteiger partial charge in [-0.1, -0.05) is 67.6 Å². The van der Waals surface area contributed by atoms with E-state index in [4.69, 9.17) is 0 Å². The number of urea groups is 1. The number of aliphatic imine (C=N–C) groups is 1. The minimum Gasteiger partial charge on any atom is -0.406 e. The van der Waals surface area contributed by atoms with Crippen molar-refractivity contribution in [3.63, 3.8) is 0 Å². The highest BCUT2D eigenvalue weighted by molar-refractivity contribution is 8.15. The van der Waals surface area contributed by atoms with Gasteiger partial charge in [-0.15, -0.1) is 18.3 Å². The van der Waals surface area contributed by atoms with Gasteiger partial charge in [-0.2, -0.15) is 4.99 Å². The number of aromatic nitrogens is 3. The highest BCUT2D eigenvalue weighted by atomic mass is 32.2. The summed E-state index contributed by atoms with van der Waals surface area (Å²) in [5.74, 6) is 0.413. The largest absolute Gasteiger partial charge is 0.573 e. The van der Waals surface area contributed by atoms with Crippen molar-refractivity contribution in [2.45, 2.75) is 52.4 Å². The molecule has 1 atom stereocenters. The molecule has 3 aromatic carbocycles. The number of amidine groups is 1. The predicted molar refractivity (Wildman–Crippen MR) is 168 cm³/mol. The van der Waals surface area contributed by atoms with E-state index in [1.807, 2.05) is 50.2 Å². The third-order valence-corrected chi connectivity index (χ3v) is 7.88. The summed E-state index contributed by atoms with van der Waals surface area (Å²) >= 11 is 1.25. The lowest BCUT2D eigenvalue weighted by molar-refractivity contribution is -0.274. The van der Waals surface area contributed by atoms with Crippen LogP contribution >= 0.6 is 11.8 Å². The molecule has 3 amide bonds. The lowest BCUT2D eigenvalue weighted by atomic mass is 9.98. The van der Waals surface area contributed by atoms with E-state index in [0.29, 0.717) is 23.1 Å². The number of hydrogen-bond donors (Lipinski definition) is 1. The number of amides is 3. The number of halogens is 3. The SMILES string of the molecule is Cc1ccc(N2C(=O)CS/C2=N\C(=O)NC(C)Cc2ccc(-c3ncn(-c4ccc(OC(F)(F)F)cc4)n3)cc2)c(C(C)C)c1. The van der Waals surface area contributed by atoms with Crippen LogP contribution in [0.15, 0.2) is 78.0 Å². The number of thioether (sulfide) groups is 1. The number of benzene rings is 3. The van der Waals surface area contributed by atoms with Gasteiger partial charge in [0.05, 0.1) is 17.1 Å². The van der Waals surface area contributed by atoms with Crippen LogP contribution in [0.4, 0.5) is 23.7 Å². The molecule has 1 unspecified atom stereocenters. The quantitative estimate of drug-likeness (QED) is 0.223. The molecule has 234 valence electrons. The average Bonchev–Trinajstić information content (AvgIpc) is 3.60. The van der Waals surface area contributed by atoms with Gasteiger partial charge in [0.1, 0.15) is 12.1 Å². The van der Waals surface area contributed by atoms with Crippen molar-refractivity contribution in [2.75, 3.05) is 10.7 Å². The van der Waals surface area contributed by atoms with Crippen molar-refractivity contribution < 1.29 is 27.5 Å². The zero-order chi connectivity index (χ0) is 32.3. The smallest absolute Gasteiger partial charge is 0.406 e. The van der Waals surface area contributed by atoms with Crippen LogP contribution in [0.2, 0.25) is 0 Å². The highest BCUT2D eigenvalue weighted by Crippen LogP contribution is 2.34. The summed E-state index contributed by atoms with van der Waals surface area (Å²) in [5, 5.41) is 7.68. The standard InChI is InChI=1S/C32H31F3N6O3S/c1-19(2)26-15-20(3)5-14-27(26)41-28(42)17-45-31(41)38-30(43)37-21(4)16-22-6-8-23(9-7-22)29-36-18-40(39-29)24-10-12-25(13-11-24)44-32(33,34)35/h5-15,18-19,21H,16-17H2,1-4H3,(H,37,43)/b38-31-. The van der Waals surface area contributed by atoms with Crippen LogP contribution in [0.25, 0.3) is 17.1 Å². The second-order valence-corrected chi connectivity index (χ2v) is 11.9. The molecule has 1 N–H and O–H groups in total. The molecule has 1 aliphatic heterocycles. The maximum Gasteiger partial charge on any atom is 0.573 e. The van der Waals surface area contributed by atoms with Crippen LogP contribution < -0.4 is 15.0 Å². The first-order chi connectivity index (χ1) is 21.4. The number of carbonyl (C=O) groups is 2. The number of ether oxygens (including phenoxy) is 1. The molecule has 0 aliphatic carbocycles. The Bertz CT molecular complexity index is 1720. The molecule has 0 bridgehead atoms. The Labute approximate surface area is 262 Å². The second kappa shape index (κ2) is 13.1. The van der Waals surface area contributed by atoms with Crippen molar-refractivity contribution in [1.82, 2.24) is 20.1 Å². The maximum atomic E-state index is 12.9. The molecular weight excluding hydrogens is 605 g/mol. The Morgan fingerprint density at radius 3 is 2.44 bits per heavy atom. The topological polar surface area (TPSA) is 102 Å². The van der Waals surface area contributed by atoms with Crippen molar-refractivity contribution in [1.29, 1.82) is 0 Å². The summed E-state index contributed by atoms with van der Waals surface area (Å²) in [6, 6.07) is 18.0. The first-order valence-electron chi connectivity index (χ1n) is 14.2. The van der Waals surface area contributed by atoms with Gasteiger partial charge in [-0.3, -0.25) is 9.69 Å². The van der Waals surface area contributed by atoms with Crippen LogP contribution in [0.1, 0.15) is 43.4 Å². The number of hydrogen-bond acceptors (Lipinski definition) is 6. The maximum absolute atomic E-state index is 12.9. The monoisotopic (exact) mass is 636 g/mol. The fourth-order valence-electron chi connectivity index (χ4n) is 4.87. The molecule has 4 aromatic rings. The highest BCUT2D eigenvalue weighted by Gasteiger charge is 2.33. The van der Waals surface area contributed by atoms with Crippen molar-refractivity contribution in [3.8, 4) is 22.8 Å². The van der Waals surface area contributed by atoms with Gasteiger partial charge in [0, 0.05) is 11.6 Å². The van der Waals surface area contributed by atoms with E-state index in [1.165, 1.54) is 51.9 Å². The van der Waals surface area contributed by atoms with E-state index < -0.39 is 12.4 Å². The molecule has 45 heavy (non-hydrogen) atoms. The third kappa shape index (κ3) is 7.90. The summed E-state index contributed by atoms with van der Waals surface area (Å²) in [4.78, 5) is 35.8. The summed E-state index contributed by atoms with van der Waals surface area (Å²) in [5.41, 5.74) is 5.10. The molecule has 9 nitrogen and oxygen atoms in total. The molecule has 1 aliphatic rings. The second-order valence-electron chi connectivity index (χ2n) is 10.9. The normalized spacial score (nSPS) is 15.2. The van der Waals surface area contributed by atoms with E-state index in [0.717, 1.165) is 27.9 Å². The minimum absolute atomic E-state index is 0.113. The lowest BCUT2D eigenvalue weighted by Crippen LogP contribution is -2.35. The third-order valence-electron chi connectivity index (χ3n) is 6.96. The minimum atomic E-state index is -4.76. The first kappa shape index (κ1) is 31.8. The number of aryl methyl sites for hydroxylation is 1. The molecular formula is C32H31F3N6O3S. The Hall–Kier alpha value is -4.65. The number of rotatable bonds is 8. The van der Waals surface area contributed by atoms with Gasteiger partial charge in [-0.25, -0.2) is 14.5 Å². The fourth-order valence-corrected chi connectivity index (χ4v) is 5.72. The number of alkyl halides is 3. The number of anilines is 1. The van der Waals surface area contributed by atoms with Gasteiger partial charge in [-0.05, 0) is 67.6 Å². The van der Waals surface area contributed by atoms with Crippen LogP contribution in [-0.4, -0.2) is 50.0 Å². The average molecular weight is 637 g/mol. The molecule has 0 saturated carbocycles. The summed E-state index contributed by atoms with van der Waals surface area (Å²) in [6.45, 7) is 8.01. The first-order valence-corrected chi connectivity index (χ1v) is 15.2. The van der Waals surface area contributed by atoms with Crippen molar-refractivity contribution >= 4 is 34.6 Å². The van der Waals surface area contributed by atoms with Crippen LogP contribution in [0.3, 0.4) is 0 Å². The van der Waals surface area contributed by atoms with Crippen molar-refractivity contribution in [2.24, 2.45) is 4.99 Å². The number of nitrogens with one attached hydrogen (secondary N) is 1. The number of carbonyl (C=O) groups excluding carboxylic acids is 2. The Balaban J connectivity index is 1.20. The number of nitrogens with zero attached hydrogens (tertiary/aromatic N) is 5. The molecule has 1 fully saturated rings. The Morgan fingerprint density at radius 2 is 1.78 bits per heavy atom. The zero-order valence-electron chi connectivity index (χ0n) is 25.0. The molecule has 1 aromatic heterocycles. The lowest BCUT2D eigenvalue weighted by Gasteiger charge is -2.22. The molecule has 2 heterocycles. The molecule has 1 saturated heterocycles. The molecule has 13 heteroatoms. The van der Waals surface area contributed by atoms with Gasteiger partial charge < -0.3 is 10.1 Å². The molecule has 5 rings (SSSR count). The van der Waals surface area contributed by atoms with E-state index in [1.54, 1.807) is 0 Å². The summed E-state index contributed by atoms with van der Waals surface area (Å²) in [6.07, 6.45) is -2.75. The Kier molecular flexibility index (Phi) is 9.28. The summed E-state index contributed by atoms with van der Waals surface area (Å²) in [7, 11) is 0. The summed E-state index contributed by atoms with van der Waals surface area (Å²) < 4.78 is 42.6. The van der Waals surface area contributed by atoms with Crippen molar-refractivity contribution in [3.05, 3.63) is 89.7 Å². The van der Waals surface area contributed by atoms with Gasteiger partial charge >= 0.3 is 12.4 Å². The van der Waals surface area contributed by atoms with E-state index >= 15 is 0 Å². The van der Waals surface area contributed by atoms with Crippen LogP contribution in [0.5, 0.6) is 5.75 Å². The zero-order valence-corrected chi connectivity index (χ0v) is 25.8. The van der Waals surface area contributed by atoms with Crippen LogP contribution in [0, 0.1) is 6.92 Å². The van der Waals surface area contributed by atoms with E-state index in [2.05, 4.69) is 45.0 Å². The fraction of sp³-hybridized carbons (Fsp3) is 0.281.